The summed E-state index contributed by atoms with van der Waals surface area (Å²) in [7, 11) is 0. The molecule has 0 amide bonds. The van der Waals surface area contributed by atoms with Crippen LogP contribution in [-0.4, -0.2) is 17.2 Å². The Morgan fingerprint density at radius 2 is 1.38 bits per heavy atom. The van der Waals surface area contributed by atoms with Crippen molar-refractivity contribution in [3.63, 3.8) is 0 Å². The number of benzene rings is 2. The largest absolute Gasteiger partial charge is 0.482 e. The zero-order valence-corrected chi connectivity index (χ0v) is 13.5. The van der Waals surface area contributed by atoms with Crippen molar-refractivity contribution in [1.82, 2.24) is 0 Å². The average molecular weight is 316 g/mol. The molecule has 2 aromatic carbocycles. The van der Waals surface area contributed by atoms with Crippen LogP contribution in [0.25, 0.3) is 5.76 Å². The lowest BCUT2D eigenvalue weighted by molar-refractivity contribution is 0.0794. The van der Waals surface area contributed by atoms with Crippen LogP contribution in [0, 0.1) is 0 Å². The number of fused-ring (bicyclic) bond motifs is 1. The van der Waals surface area contributed by atoms with Gasteiger partial charge in [-0.05, 0) is 19.9 Å². The van der Waals surface area contributed by atoms with Crippen LogP contribution in [-0.2, 0) is 4.74 Å². The summed E-state index contributed by atoms with van der Waals surface area (Å²) in [5, 5.41) is 0. The van der Waals surface area contributed by atoms with Crippen LogP contribution in [0.2, 0.25) is 0 Å². The molecule has 3 nitrogen and oxygen atoms in total. The number of carbonyl (C=O) groups excluding carboxylic acids is 2. The molecular weight excluding hydrogens is 300 g/mol. The van der Waals surface area contributed by atoms with Crippen molar-refractivity contribution in [2.75, 3.05) is 0 Å². The van der Waals surface area contributed by atoms with E-state index in [-0.39, 0.29) is 11.6 Å². The van der Waals surface area contributed by atoms with Crippen molar-refractivity contribution in [3.8, 4) is 0 Å². The smallest absolute Gasteiger partial charge is 0.194 e. The maximum atomic E-state index is 13.0. The first-order chi connectivity index (χ1) is 11.5. The molecule has 1 aliphatic carbocycles. The fraction of sp³-hybridized carbons (Fsp3) is 0.143. The summed E-state index contributed by atoms with van der Waals surface area (Å²) in [6.45, 7) is 3.66. The van der Waals surface area contributed by atoms with Crippen LogP contribution in [0.15, 0.2) is 71.8 Å². The van der Waals surface area contributed by atoms with Crippen LogP contribution in [0.1, 0.15) is 40.1 Å². The molecule has 0 saturated heterocycles. The second kappa shape index (κ2) is 5.03. The highest BCUT2D eigenvalue weighted by Gasteiger charge is 2.43. The lowest BCUT2D eigenvalue weighted by Gasteiger charge is -2.36. The molecule has 0 bridgehead atoms. The molecule has 0 spiro atoms. The molecule has 1 aliphatic heterocycles. The molecule has 4 rings (SSSR count). The van der Waals surface area contributed by atoms with Gasteiger partial charge in [0.05, 0.1) is 5.57 Å². The van der Waals surface area contributed by atoms with Gasteiger partial charge >= 0.3 is 0 Å². The highest BCUT2D eigenvalue weighted by atomic mass is 16.5. The molecule has 0 unspecified atom stereocenters. The fourth-order valence-corrected chi connectivity index (χ4v) is 3.36. The van der Waals surface area contributed by atoms with E-state index >= 15 is 0 Å². The molecule has 0 atom stereocenters. The number of ether oxygens (including phenoxy) is 1. The van der Waals surface area contributed by atoms with Crippen molar-refractivity contribution in [3.05, 3.63) is 88.5 Å². The zero-order valence-electron chi connectivity index (χ0n) is 13.5. The Labute approximate surface area is 140 Å². The predicted octanol–water partition coefficient (Wildman–Crippen LogP) is 4.21. The van der Waals surface area contributed by atoms with Crippen molar-refractivity contribution in [1.29, 1.82) is 0 Å². The summed E-state index contributed by atoms with van der Waals surface area (Å²) < 4.78 is 6.09. The van der Waals surface area contributed by atoms with Crippen molar-refractivity contribution < 1.29 is 14.3 Å². The van der Waals surface area contributed by atoms with Gasteiger partial charge in [-0.1, -0.05) is 54.6 Å². The maximum absolute atomic E-state index is 13.0. The Bertz CT molecular complexity index is 931. The van der Waals surface area contributed by atoms with Crippen LogP contribution in [0.5, 0.6) is 0 Å². The maximum Gasteiger partial charge on any atom is 0.194 e. The minimum absolute atomic E-state index is 0.120. The number of carbonyl (C=O) groups is 2. The van der Waals surface area contributed by atoms with Gasteiger partial charge in [0.1, 0.15) is 11.4 Å². The van der Waals surface area contributed by atoms with E-state index in [9.17, 15) is 9.59 Å². The Morgan fingerprint density at radius 1 is 0.792 bits per heavy atom. The number of hydrogen-bond acceptors (Lipinski definition) is 3. The molecule has 118 valence electrons. The number of Topliss-reactive ketones (excluding diaryl/α,β-unsaturated/α-hetero) is 2. The van der Waals surface area contributed by atoms with Gasteiger partial charge in [-0.25, -0.2) is 0 Å². The molecule has 2 aromatic rings. The standard InChI is InChI=1S/C21H16O3/c1-21(2)18-16(12-17(24-21)13-8-4-3-5-9-13)19(22)14-10-6-7-11-15(14)20(18)23/h3-12H,1-2H3. The second-order valence-electron chi connectivity index (χ2n) is 6.48. The first-order valence-electron chi connectivity index (χ1n) is 7.88. The lowest BCUT2D eigenvalue weighted by Crippen LogP contribution is -2.38. The van der Waals surface area contributed by atoms with Gasteiger partial charge in [0.25, 0.3) is 0 Å². The number of allylic oxidation sites excluding steroid dienone is 2. The van der Waals surface area contributed by atoms with Gasteiger partial charge in [0, 0.05) is 22.3 Å². The van der Waals surface area contributed by atoms with Gasteiger partial charge in [0.2, 0.25) is 0 Å². The topological polar surface area (TPSA) is 43.4 Å². The second-order valence-corrected chi connectivity index (χ2v) is 6.48. The molecule has 0 N–H and O–H groups in total. The average Bonchev–Trinajstić information content (AvgIpc) is 2.59. The summed E-state index contributed by atoms with van der Waals surface area (Å²) in [5.41, 5.74) is 1.81. The van der Waals surface area contributed by atoms with Gasteiger partial charge in [-0.15, -0.1) is 0 Å². The van der Waals surface area contributed by atoms with E-state index in [0.29, 0.717) is 28.0 Å². The molecule has 24 heavy (non-hydrogen) atoms. The Balaban J connectivity index is 1.94. The minimum Gasteiger partial charge on any atom is -0.482 e. The van der Waals surface area contributed by atoms with E-state index in [1.807, 2.05) is 44.2 Å². The van der Waals surface area contributed by atoms with E-state index in [1.165, 1.54) is 0 Å². The van der Waals surface area contributed by atoms with Gasteiger partial charge in [-0.2, -0.15) is 0 Å². The quantitative estimate of drug-likeness (QED) is 0.791. The van der Waals surface area contributed by atoms with E-state index < -0.39 is 5.60 Å². The lowest BCUT2D eigenvalue weighted by atomic mass is 9.76. The van der Waals surface area contributed by atoms with E-state index in [1.54, 1.807) is 30.3 Å². The third-order valence-corrected chi connectivity index (χ3v) is 4.46. The highest BCUT2D eigenvalue weighted by molar-refractivity contribution is 6.29. The molecule has 0 aromatic heterocycles. The van der Waals surface area contributed by atoms with E-state index in [0.717, 1.165) is 5.56 Å². The van der Waals surface area contributed by atoms with Gasteiger partial charge in [0.15, 0.2) is 11.6 Å². The summed E-state index contributed by atoms with van der Waals surface area (Å²) in [4.78, 5) is 25.9. The Hall–Kier alpha value is -2.94. The molecule has 0 radical (unpaired) electrons. The van der Waals surface area contributed by atoms with Crippen LogP contribution >= 0.6 is 0 Å². The summed E-state index contributed by atoms with van der Waals surface area (Å²) in [5.74, 6) is 0.360. The molecule has 1 heterocycles. The van der Waals surface area contributed by atoms with Crippen LogP contribution < -0.4 is 0 Å². The monoisotopic (exact) mass is 316 g/mol. The Kier molecular flexibility index (Phi) is 3.07. The normalized spacial score (nSPS) is 18.5. The van der Waals surface area contributed by atoms with E-state index in [4.69, 9.17) is 4.74 Å². The van der Waals surface area contributed by atoms with Gasteiger partial charge in [-0.3, -0.25) is 9.59 Å². The summed E-state index contributed by atoms with van der Waals surface area (Å²) >= 11 is 0. The highest BCUT2D eigenvalue weighted by Crippen LogP contribution is 2.41. The van der Waals surface area contributed by atoms with Crippen LogP contribution in [0.4, 0.5) is 0 Å². The fourth-order valence-electron chi connectivity index (χ4n) is 3.36. The number of hydrogen-bond donors (Lipinski definition) is 0. The first kappa shape index (κ1) is 14.6. The minimum atomic E-state index is -0.866. The molecule has 2 aliphatic rings. The Morgan fingerprint density at radius 3 is 2.04 bits per heavy atom. The number of ketones is 2. The summed E-state index contributed by atoms with van der Waals surface area (Å²) in [6, 6.07) is 16.6. The van der Waals surface area contributed by atoms with Crippen molar-refractivity contribution in [2.45, 2.75) is 19.4 Å². The third-order valence-electron chi connectivity index (χ3n) is 4.46. The first-order valence-corrected chi connectivity index (χ1v) is 7.88. The predicted molar refractivity (Wildman–Crippen MR) is 91.7 cm³/mol. The number of rotatable bonds is 1. The molecule has 0 fully saturated rings. The molecule has 0 saturated carbocycles. The third kappa shape index (κ3) is 2.05. The molecular formula is C21H16O3. The zero-order chi connectivity index (χ0) is 16.9. The van der Waals surface area contributed by atoms with E-state index in [2.05, 4.69) is 0 Å². The van der Waals surface area contributed by atoms with Crippen molar-refractivity contribution >= 4 is 17.3 Å². The summed E-state index contributed by atoms with van der Waals surface area (Å²) in [6.07, 6.45) is 1.70. The van der Waals surface area contributed by atoms with Crippen LogP contribution in [0.3, 0.4) is 0 Å². The SMILES string of the molecule is CC1(C)OC(c2ccccc2)=CC2=C1C(=O)c1ccccc1C2=O. The van der Waals surface area contributed by atoms with Crippen molar-refractivity contribution in [2.24, 2.45) is 0 Å². The molecule has 3 heteroatoms. The van der Waals surface area contributed by atoms with Gasteiger partial charge < -0.3 is 4.74 Å².